The second kappa shape index (κ2) is 5.73. The van der Waals surface area contributed by atoms with Crippen molar-refractivity contribution in [1.82, 2.24) is 0 Å². The van der Waals surface area contributed by atoms with E-state index in [1.807, 2.05) is 0 Å². The van der Waals surface area contributed by atoms with E-state index in [1.165, 1.54) is 28.4 Å². The highest BCUT2D eigenvalue weighted by Gasteiger charge is 2.29. The van der Waals surface area contributed by atoms with Gasteiger partial charge in [-0.05, 0) is 12.1 Å². The first kappa shape index (κ1) is 14.0. The van der Waals surface area contributed by atoms with E-state index in [0.717, 1.165) is 0 Å². The summed E-state index contributed by atoms with van der Waals surface area (Å²) in [5.41, 5.74) is 0.964. The summed E-state index contributed by atoms with van der Waals surface area (Å²) in [6.07, 6.45) is 0. The maximum absolute atomic E-state index is 11.8. The van der Waals surface area contributed by atoms with Gasteiger partial charge < -0.3 is 23.7 Å². The molecule has 1 heterocycles. The van der Waals surface area contributed by atoms with Gasteiger partial charge in [-0.3, -0.25) is 0 Å². The molecule has 1 aliphatic heterocycles. The van der Waals surface area contributed by atoms with Crippen molar-refractivity contribution in [1.29, 1.82) is 0 Å². The summed E-state index contributed by atoms with van der Waals surface area (Å²) in [7, 11) is 6.04. The Bertz CT molecular complexity index is 536. The topological polar surface area (TPSA) is 63.2 Å². The minimum atomic E-state index is -0.434. The Labute approximate surface area is 116 Å². The zero-order chi connectivity index (χ0) is 14.7. The molecule has 1 aliphatic rings. The fourth-order valence-electron chi connectivity index (χ4n) is 2.05. The minimum absolute atomic E-state index is 0.126. The van der Waals surface area contributed by atoms with E-state index in [4.69, 9.17) is 23.7 Å². The third-order valence-electron chi connectivity index (χ3n) is 3.02. The molecule has 0 amide bonds. The highest BCUT2D eigenvalue weighted by molar-refractivity contribution is 6.19. The molecule has 0 atom stereocenters. The van der Waals surface area contributed by atoms with Crippen LogP contribution in [0.3, 0.4) is 0 Å². The summed E-state index contributed by atoms with van der Waals surface area (Å²) < 4.78 is 25.9. The van der Waals surface area contributed by atoms with E-state index in [0.29, 0.717) is 34.1 Å². The number of carbonyl (C=O) groups excluding carboxylic acids is 1. The van der Waals surface area contributed by atoms with Crippen molar-refractivity contribution >= 4 is 11.5 Å². The zero-order valence-electron chi connectivity index (χ0n) is 11.8. The molecule has 0 saturated carbocycles. The number of cyclic esters (lactones) is 1. The van der Waals surface area contributed by atoms with Crippen molar-refractivity contribution in [3.05, 3.63) is 23.5 Å². The number of methoxy groups -OCH3 is 4. The van der Waals surface area contributed by atoms with E-state index < -0.39 is 5.97 Å². The first-order valence-corrected chi connectivity index (χ1v) is 5.90. The molecule has 0 aliphatic carbocycles. The van der Waals surface area contributed by atoms with Crippen molar-refractivity contribution in [2.75, 3.05) is 35.0 Å². The summed E-state index contributed by atoms with van der Waals surface area (Å²) in [6, 6.07) is 3.37. The Balaban J connectivity index is 2.61. The van der Waals surface area contributed by atoms with Crippen molar-refractivity contribution in [3.8, 4) is 17.2 Å². The maximum atomic E-state index is 11.8. The lowest BCUT2D eigenvalue weighted by Crippen LogP contribution is -2.01. The summed E-state index contributed by atoms with van der Waals surface area (Å²) in [5, 5.41) is 0. The van der Waals surface area contributed by atoms with Gasteiger partial charge in [-0.15, -0.1) is 0 Å². The van der Waals surface area contributed by atoms with Crippen LogP contribution in [0, 0.1) is 0 Å². The second-order valence-electron chi connectivity index (χ2n) is 3.99. The van der Waals surface area contributed by atoms with Crippen LogP contribution in [0.15, 0.2) is 17.9 Å². The molecule has 0 N–H and O–H groups in total. The third kappa shape index (κ3) is 2.24. The molecule has 0 bridgehead atoms. The van der Waals surface area contributed by atoms with Gasteiger partial charge >= 0.3 is 5.97 Å². The van der Waals surface area contributed by atoms with Crippen LogP contribution in [-0.4, -0.2) is 41.0 Å². The van der Waals surface area contributed by atoms with E-state index in [1.54, 1.807) is 12.1 Å². The molecule has 0 spiro atoms. The number of hydrogen-bond acceptors (Lipinski definition) is 6. The lowest BCUT2D eigenvalue weighted by atomic mass is 10.0. The molecule has 0 radical (unpaired) electrons. The van der Waals surface area contributed by atoms with Crippen LogP contribution >= 0.6 is 0 Å². The van der Waals surface area contributed by atoms with Gasteiger partial charge in [-0.1, -0.05) is 0 Å². The number of ether oxygens (including phenoxy) is 5. The van der Waals surface area contributed by atoms with Gasteiger partial charge in [-0.2, -0.15) is 0 Å². The molecule has 108 valence electrons. The lowest BCUT2D eigenvalue weighted by Gasteiger charge is -2.14. The smallest absolute Gasteiger partial charge is 0.342 e. The van der Waals surface area contributed by atoms with Gasteiger partial charge in [0.1, 0.15) is 17.9 Å². The molecule has 6 nitrogen and oxygen atoms in total. The van der Waals surface area contributed by atoms with Crippen LogP contribution in [0.25, 0.3) is 5.57 Å². The van der Waals surface area contributed by atoms with Crippen molar-refractivity contribution in [2.45, 2.75) is 0 Å². The van der Waals surface area contributed by atoms with E-state index in [9.17, 15) is 4.79 Å². The highest BCUT2D eigenvalue weighted by atomic mass is 16.6. The summed E-state index contributed by atoms with van der Waals surface area (Å²) in [5.74, 6) is 1.43. The Morgan fingerprint density at radius 1 is 0.950 bits per heavy atom. The van der Waals surface area contributed by atoms with Crippen molar-refractivity contribution in [2.24, 2.45) is 0 Å². The number of esters is 1. The highest BCUT2D eigenvalue weighted by Crippen LogP contribution is 2.41. The second-order valence-corrected chi connectivity index (χ2v) is 3.99. The average molecular weight is 280 g/mol. The van der Waals surface area contributed by atoms with Gasteiger partial charge in [0.05, 0.1) is 28.4 Å². The van der Waals surface area contributed by atoms with Gasteiger partial charge in [-0.25, -0.2) is 4.79 Å². The van der Waals surface area contributed by atoms with Crippen LogP contribution in [0.5, 0.6) is 17.2 Å². The molecule has 0 fully saturated rings. The largest absolute Gasteiger partial charge is 0.497 e. The van der Waals surface area contributed by atoms with E-state index in [2.05, 4.69) is 0 Å². The predicted molar refractivity (Wildman–Crippen MR) is 71.0 cm³/mol. The molecular formula is C14H16O6. The molecular weight excluding hydrogens is 264 g/mol. The fourth-order valence-corrected chi connectivity index (χ4v) is 2.05. The van der Waals surface area contributed by atoms with Gasteiger partial charge in [0, 0.05) is 5.56 Å². The molecule has 1 aromatic carbocycles. The van der Waals surface area contributed by atoms with Crippen LogP contribution in [0.2, 0.25) is 0 Å². The standard InChI is InChI=1S/C14H16O6/c1-16-9-5-8(6-10(17-2)13(9)19-4)12-11(18-3)7-20-14(12)15/h5-6H,7H2,1-4H3. The predicted octanol–water partition coefficient (Wildman–Crippen LogP) is 1.63. The molecule has 6 heteroatoms. The summed E-state index contributed by atoms with van der Waals surface area (Å²) >= 11 is 0. The number of carbonyl (C=O) groups is 1. The number of hydrogen-bond donors (Lipinski definition) is 0. The Morgan fingerprint density at radius 3 is 2.00 bits per heavy atom. The van der Waals surface area contributed by atoms with Gasteiger partial charge in [0.2, 0.25) is 5.75 Å². The van der Waals surface area contributed by atoms with Crippen LogP contribution in [0.1, 0.15) is 5.56 Å². The van der Waals surface area contributed by atoms with Crippen LogP contribution < -0.4 is 14.2 Å². The first-order chi connectivity index (χ1) is 9.65. The summed E-state index contributed by atoms with van der Waals surface area (Å²) in [4.78, 5) is 11.8. The maximum Gasteiger partial charge on any atom is 0.342 e. The molecule has 0 unspecified atom stereocenters. The molecule has 2 rings (SSSR count). The van der Waals surface area contributed by atoms with E-state index >= 15 is 0 Å². The molecule has 1 aromatic rings. The van der Waals surface area contributed by atoms with Crippen LogP contribution in [-0.2, 0) is 14.3 Å². The normalized spacial score (nSPS) is 14.1. The molecule has 20 heavy (non-hydrogen) atoms. The van der Waals surface area contributed by atoms with Crippen molar-refractivity contribution < 1.29 is 28.5 Å². The zero-order valence-corrected chi connectivity index (χ0v) is 11.8. The minimum Gasteiger partial charge on any atom is -0.497 e. The first-order valence-electron chi connectivity index (χ1n) is 5.90. The Kier molecular flexibility index (Phi) is 4.02. The quantitative estimate of drug-likeness (QED) is 0.764. The SMILES string of the molecule is COC1=C(c2cc(OC)c(OC)c(OC)c2)C(=O)OC1. The average Bonchev–Trinajstić information content (AvgIpc) is 2.86. The lowest BCUT2D eigenvalue weighted by molar-refractivity contribution is -0.134. The Hall–Kier alpha value is -2.37. The number of rotatable bonds is 5. The molecule has 0 aromatic heterocycles. The summed E-state index contributed by atoms with van der Waals surface area (Å²) in [6.45, 7) is 0.126. The number of benzene rings is 1. The monoisotopic (exact) mass is 280 g/mol. The third-order valence-corrected chi connectivity index (χ3v) is 3.02. The van der Waals surface area contributed by atoms with Gasteiger partial charge in [0.25, 0.3) is 0 Å². The van der Waals surface area contributed by atoms with Gasteiger partial charge in [0.15, 0.2) is 11.5 Å². The molecule has 0 saturated heterocycles. The fraction of sp³-hybridized carbons (Fsp3) is 0.357. The van der Waals surface area contributed by atoms with Crippen LogP contribution in [0.4, 0.5) is 0 Å². The van der Waals surface area contributed by atoms with Crippen molar-refractivity contribution in [3.63, 3.8) is 0 Å². The Morgan fingerprint density at radius 2 is 1.55 bits per heavy atom. The van der Waals surface area contributed by atoms with E-state index in [-0.39, 0.29) is 6.61 Å².